The number of amides is 2. The van der Waals surface area contributed by atoms with E-state index in [0.717, 1.165) is 39.3 Å². The van der Waals surface area contributed by atoms with Gasteiger partial charge in [-0.15, -0.1) is 23.5 Å². The first kappa shape index (κ1) is 31.4. The van der Waals surface area contributed by atoms with Gasteiger partial charge in [-0.05, 0) is 41.8 Å². The summed E-state index contributed by atoms with van der Waals surface area (Å²) in [6, 6.07) is 17.6. The number of thioether (sulfide) groups is 2. The minimum absolute atomic E-state index is 0.0682. The molecular formula is C29H30F2N4O5S3. The molecule has 0 radical (unpaired) electrons. The van der Waals surface area contributed by atoms with Crippen molar-refractivity contribution in [2.24, 2.45) is 5.73 Å². The maximum absolute atomic E-state index is 14.8. The molecule has 2 heterocycles. The van der Waals surface area contributed by atoms with E-state index >= 15 is 0 Å². The van der Waals surface area contributed by atoms with Gasteiger partial charge in [0.25, 0.3) is 5.91 Å². The van der Waals surface area contributed by atoms with Crippen molar-refractivity contribution >= 4 is 45.4 Å². The minimum atomic E-state index is -4.35. The monoisotopic (exact) mass is 648 g/mol. The number of nitrogens with two attached hydrogens (primary N) is 1. The van der Waals surface area contributed by atoms with Crippen molar-refractivity contribution in [3.05, 3.63) is 90.0 Å². The van der Waals surface area contributed by atoms with Crippen LogP contribution in [0.25, 0.3) is 11.1 Å². The van der Waals surface area contributed by atoms with Crippen LogP contribution in [0.4, 0.5) is 8.78 Å². The molecular weight excluding hydrogens is 619 g/mol. The Balaban J connectivity index is 1.57. The Morgan fingerprint density at radius 1 is 0.977 bits per heavy atom. The van der Waals surface area contributed by atoms with E-state index in [1.54, 1.807) is 12.1 Å². The van der Waals surface area contributed by atoms with Crippen LogP contribution in [0.3, 0.4) is 0 Å². The number of benzene rings is 3. The molecule has 3 aromatic carbocycles. The minimum Gasteiger partial charge on any atom is -0.396 e. The number of aliphatic hydroxyl groups excluding tert-OH is 1. The topological polar surface area (TPSA) is 133 Å². The highest BCUT2D eigenvalue weighted by atomic mass is 32.2. The smallest absolute Gasteiger partial charge is 0.268 e. The van der Waals surface area contributed by atoms with Crippen LogP contribution < -0.4 is 11.1 Å². The Morgan fingerprint density at radius 2 is 1.63 bits per heavy atom. The van der Waals surface area contributed by atoms with Gasteiger partial charge in [-0.3, -0.25) is 9.59 Å². The molecule has 3 atom stereocenters. The maximum Gasteiger partial charge on any atom is 0.268 e. The number of halogens is 2. The van der Waals surface area contributed by atoms with Crippen molar-refractivity contribution in [3.63, 3.8) is 0 Å². The summed E-state index contributed by atoms with van der Waals surface area (Å²) in [5.74, 6) is -2.92. The van der Waals surface area contributed by atoms with Crippen molar-refractivity contribution in [1.29, 1.82) is 0 Å². The zero-order chi connectivity index (χ0) is 30.8. The van der Waals surface area contributed by atoms with E-state index in [0.29, 0.717) is 5.75 Å². The lowest BCUT2D eigenvalue weighted by molar-refractivity contribution is -0.136. The van der Waals surface area contributed by atoms with Crippen LogP contribution in [0.5, 0.6) is 0 Å². The molecule has 9 nitrogen and oxygen atoms in total. The Bertz CT molecular complexity index is 1580. The van der Waals surface area contributed by atoms with Crippen LogP contribution >= 0.6 is 23.5 Å². The van der Waals surface area contributed by atoms with Crippen molar-refractivity contribution in [3.8, 4) is 11.1 Å². The molecule has 0 bridgehead atoms. The van der Waals surface area contributed by atoms with Gasteiger partial charge >= 0.3 is 0 Å². The largest absolute Gasteiger partial charge is 0.396 e. The van der Waals surface area contributed by atoms with Crippen LogP contribution in [0, 0.1) is 11.6 Å². The second-order valence-corrected chi connectivity index (χ2v) is 14.2. The van der Waals surface area contributed by atoms with Crippen molar-refractivity contribution in [2.75, 3.05) is 31.2 Å². The number of nitrogens with one attached hydrogen (secondary N) is 1. The van der Waals surface area contributed by atoms with Gasteiger partial charge in [0.15, 0.2) is 0 Å². The number of carbonyl (C=O) groups is 2. The summed E-state index contributed by atoms with van der Waals surface area (Å²) in [4.78, 5) is 26.2. The Hall–Kier alpha value is -3.01. The van der Waals surface area contributed by atoms with Crippen LogP contribution in [0.1, 0.15) is 18.0 Å². The van der Waals surface area contributed by atoms with E-state index in [4.69, 9.17) is 5.73 Å². The average Bonchev–Trinajstić information content (AvgIpc) is 3.67. The van der Waals surface area contributed by atoms with Crippen LogP contribution in [-0.4, -0.2) is 76.1 Å². The number of primary amides is 1. The van der Waals surface area contributed by atoms with Crippen LogP contribution in [-0.2, 0) is 19.6 Å². The first-order chi connectivity index (χ1) is 20.6. The zero-order valence-corrected chi connectivity index (χ0v) is 25.3. The summed E-state index contributed by atoms with van der Waals surface area (Å²) in [7, 11) is -4.35. The summed E-state index contributed by atoms with van der Waals surface area (Å²) in [6.07, 6.45) is -0.244. The van der Waals surface area contributed by atoms with Gasteiger partial charge in [0.1, 0.15) is 17.0 Å². The van der Waals surface area contributed by atoms with Gasteiger partial charge in [-0.25, -0.2) is 22.1 Å². The van der Waals surface area contributed by atoms with E-state index < -0.39 is 62.1 Å². The van der Waals surface area contributed by atoms with E-state index in [9.17, 15) is 31.9 Å². The number of aliphatic hydroxyl groups is 1. The number of rotatable bonds is 10. The van der Waals surface area contributed by atoms with E-state index in [1.807, 2.05) is 30.3 Å². The number of hydrogen-bond acceptors (Lipinski definition) is 8. The molecule has 0 aliphatic carbocycles. The predicted molar refractivity (Wildman–Crippen MR) is 162 cm³/mol. The SMILES string of the molecule is NC(=O)C1SCCN1C1(C(=O)NC(CCO)c2c(F)cccc2F)SCCN1S(=O)(=O)c1ccc(-c2ccccc2)cc1. The molecule has 5 rings (SSSR count). The third kappa shape index (κ3) is 5.91. The van der Waals surface area contributed by atoms with Gasteiger partial charge in [-0.1, -0.05) is 48.5 Å². The highest BCUT2D eigenvalue weighted by Crippen LogP contribution is 2.47. The van der Waals surface area contributed by atoms with Gasteiger partial charge in [0, 0.05) is 36.8 Å². The normalized spacial score (nSPS) is 22.0. The molecule has 2 fully saturated rings. The number of nitrogens with zero attached hydrogens (tertiary/aromatic N) is 2. The molecule has 2 amide bonds. The number of sulfonamides is 1. The van der Waals surface area contributed by atoms with Crippen LogP contribution in [0.15, 0.2) is 77.7 Å². The van der Waals surface area contributed by atoms with E-state index in [1.165, 1.54) is 34.9 Å². The number of carbonyl (C=O) groups excluding carboxylic acids is 2. The lowest BCUT2D eigenvalue weighted by Crippen LogP contribution is -2.67. The summed E-state index contributed by atoms with van der Waals surface area (Å²) in [6.45, 7) is -0.444. The molecule has 228 valence electrons. The van der Waals surface area contributed by atoms with Gasteiger partial charge in [-0.2, -0.15) is 4.31 Å². The standard InChI is InChI=1S/C29H30F2N4O5S3/c30-22-7-4-8-23(31)25(22)24(13-16-36)33-28(38)29(34-14-17-41-27(34)26(32)37)35(15-18-42-29)43(39,40)21-11-9-20(10-12-21)19-5-2-1-3-6-19/h1-12,24,27,36H,13-18H2,(H2,32,37)(H,33,38). The fourth-order valence-corrected chi connectivity index (χ4v) is 10.1. The van der Waals surface area contributed by atoms with Gasteiger partial charge in [0.05, 0.1) is 10.9 Å². The van der Waals surface area contributed by atoms with E-state index in [-0.39, 0.29) is 30.2 Å². The van der Waals surface area contributed by atoms with Crippen molar-refractivity contribution < 1.29 is 31.9 Å². The molecule has 43 heavy (non-hydrogen) atoms. The highest BCUT2D eigenvalue weighted by Gasteiger charge is 2.61. The molecule has 4 N–H and O–H groups in total. The molecule has 2 saturated heterocycles. The highest BCUT2D eigenvalue weighted by molar-refractivity contribution is 8.03. The summed E-state index contributed by atoms with van der Waals surface area (Å²) < 4.78 is 59.1. The molecule has 2 aliphatic rings. The summed E-state index contributed by atoms with van der Waals surface area (Å²) in [5.41, 5.74) is 6.92. The molecule has 3 unspecified atom stereocenters. The van der Waals surface area contributed by atoms with E-state index in [2.05, 4.69) is 5.32 Å². The zero-order valence-electron chi connectivity index (χ0n) is 22.9. The third-order valence-electron chi connectivity index (χ3n) is 7.38. The van der Waals surface area contributed by atoms with Crippen LogP contribution in [0.2, 0.25) is 0 Å². The second kappa shape index (κ2) is 12.9. The first-order valence-corrected chi connectivity index (χ1v) is 16.9. The summed E-state index contributed by atoms with van der Waals surface area (Å²) in [5, 5.41) is 11.3. The fourth-order valence-electron chi connectivity index (χ4n) is 5.42. The first-order valence-electron chi connectivity index (χ1n) is 13.5. The predicted octanol–water partition coefficient (Wildman–Crippen LogP) is 3.12. The Kier molecular flexibility index (Phi) is 9.44. The molecule has 0 aromatic heterocycles. The third-order valence-corrected chi connectivity index (χ3v) is 12.0. The molecule has 0 saturated carbocycles. The average molecular weight is 649 g/mol. The lowest BCUT2D eigenvalue weighted by Gasteiger charge is -2.44. The quantitative estimate of drug-likeness (QED) is 0.306. The molecule has 0 spiro atoms. The van der Waals surface area contributed by atoms with Gasteiger partial charge in [0.2, 0.25) is 20.9 Å². The lowest BCUT2D eigenvalue weighted by atomic mass is 10.0. The Morgan fingerprint density at radius 3 is 2.26 bits per heavy atom. The number of hydrogen-bond donors (Lipinski definition) is 3. The molecule has 3 aromatic rings. The fraction of sp³-hybridized carbons (Fsp3) is 0.310. The Labute approximate surface area is 256 Å². The van der Waals surface area contributed by atoms with Crippen molar-refractivity contribution in [1.82, 2.24) is 14.5 Å². The summed E-state index contributed by atoms with van der Waals surface area (Å²) >= 11 is 2.18. The van der Waals surface area contributed by atoms with Gasteiger partial charge < -0.3 is 16.2 Å². The maximum atomic E-state index is 14.8. The second-order valence-electron chi connectivity index (χ2n) is 9.92. The molecule has 2 aliphatic heterocycles. The van der Waals surface area contributed by atoms with Crippen molar-refractivity contribution in [2.45, 2.75) is 27.7 Å². The molecule has 14 heteroatoms.